The van der Waals surface area contributed by atoms with Gasteiger partial charge in [0.1, 0.15) is 5.94 Å². The summed E-state index contributed by atoms with van der Waals surface area (Å²) in [6.45, 7) is 3.92. The highest BCUT2D eigenvalue weighted by molar-refractivity contribution is 7.98. The summed E-state index contributed by atoms with van der Waals surface area (Å²) < 4.78 is 5.02. The first-order valence-electron chi connectivity index (χ1n) is 4.38. The molecule has 0 radical (unpaired) electrons. The van der Waals surface area contributed by atoms with Crippen molar-refractivity contribution in [3.05, 3.63) is 34.9 Å². The third kappa shape index (κ3) is 2.77. The van der Waals surface area contributed by atoms with Crippen LogP contribution in [0.4, 0.5) is 0 Å². The van der Waals surface area contributed by atoms with Gasteiger partial charge in [-0.05, 0) is 31.7 Å². The van der Waals surface area contributed by atoms with Crippen LogP contribution in [0, 0.1) is 13.8 Å². The number of aryl methyl sites for hydroxylation is 2. The van der Waals surface area contributed by atoms with Crippen LogP contribution in [0.3, 0.4) is 0 Å². The van der Waals surface area contributed by atoms with Crippen LogP contribution in [0.5, 0.6) is 0 Å². The number of benzene rings is 1. The second-order valence-electron chi connectivity index (χ2n) is 3.16. The maximum absolute atomic E-state index is 11.5. The van der Waals surface area contributed by atoms with E-state index in [2.05, 4.69) is 0 Å². The number of rotatable bonds is 3. The lowest BCUT2D eigenvalue weighted by Crippen LogP contribution is -2.06. The summed E-state index contributed by atoms with van der Waals surface area (Å²) in [6, 6.07) is 5.71. The lowest BCUT2D eigenvalue weighted by atomic mass is 10.1. The predicted molar refractivity (Wildman–Crippen MR) is 59.7 cm³/mol. The summed E-state index contributed by atoms with van der Waals surface area (Å²) >= 11 is 1.49. The Balaban J connectivity index is 2.80. The SMILES string of the molecule is CSCOC(=O)c1ccc(C)cc1C. The van der Waals surface area contributed by atoms with Crippen molar-refractivity contribution < 1.29 is 9.53 Å². The molecule has 0 bridgehead atoms. The van der Waals surface area contributed by atoms with Crippen molar-refractivity contribution in [3.8, 4) is 0 Å². The first kappa shape index (κ1) is 11.1. The van der Waals surface area contributed by atoms with Crippen molar-refractivity contribution in [2.24, 2.45) is 0 Å². The summed E-state index contributed by atoms with van der Waals surface area (Å²) in [4.78, 5) is 11.5. The van der Waals surface area contributed by atoms with Crippen molar-refractivity contribution in [1.29, 1.82) is 0 Å². The largest absolute Gasteiger partial charge is 0.451 e. The molecule has 0 fully saturated rings. The minimum atomic E-state index is -0.239. The monoisotopic (exact) mass is 210 g/mol. The topological polar surface area (TPSA) is 26.3 Å². The predicted octanol–water partition coefficient (Wildman–Crippen LogP) is 2.78. The first-order chi connectivity index (χ1) is 6.65. The van der Waals surface area contributed by atoms with Crippen molar-refractivity contribution in [1.82, 2.24) is 0 Å². The standard InChI is InChI=1S/C11H14O2S/c1-8-4-5-10(9(2)6-8)11(12)13-7-14-3/h4-6H,7H2,1-3H3. The molecular weight excluding hydrogens is 196 g/mol. The number of hydrogen-bond donors (Lipinski definition) is 0. The normalized spacial score (nSPS) is 9.93. The van der Waals surface area contributed by atoms with E-state index in [1.807, 2.05) is 38.3 Å². The highest BCUT2D eigenvalue weighted by Crippen LogP contribution is 2.12. The maximum Gasteiger partial charge on any atom is 0.339 e. The molecule has 0 aliphatic carbocycles. The van der Waals surface area contributed by atoms with Crippen LogP contribution < -0.4 is 0 Å². The van der Waals surface area contributed by atoms with Crippen LogP contribution >= 0.6 is 11.8 Å². The molecule has 0 saturated carbocycles. The molecule has 0 unspecified atom stereocenters. The maximum atomic E-state index is 11.5. The molecule has 0 aromatic heterocycles. The van der Waals surface area contributed by atoms with Gasteiger partial charge in [0.25, 0.3) is 0 Å². The van der Waals surface area contributed by atoms with E-state index in [0.29, 0.717) is 11.5 Å². The zero-order valence-electron chi connectivity index (χ0n) is 8.66. The van der Waals surface area contributed by atoms with Gasteiger partial charge in [0.2, 0.25) is 0 Å². The highest BCUT2D eigenvalue weighted by Gasteiger charge is 2.09. The number of carbonyl (C=O) groups is 1. The summed E-state index contributed by atoms with van der Waals surface area (Å²) in [5, 5.41) is 0. The van der Waals surface area contributed by atoms with Gasteiger partial charge < -0.3 is 4.74 Å². The highest BCUT2D eigenvalue weighted by atomic mass is 32.2. The van der Waals surface area contributed by atoms with Gasteiger partial charge in [0, 0.05) is 0 Å². The molecule has 0 amide bonds. The molecule has 2 nitrogen and oxygen atoms in total. The Morgan fingerprint density at radius 2 is 2.14 bits per heavy atom. The third-order valence-electron chi connectivity index (χ3n) is 1.91. The fourth-order valence-corrected chi connectivity index (χ4v) is 1.46. The minimum Gasteiger partial charge on any atom is -0.451 e. The summed E-state index contributed by atoms with van der Waals surface area (Å²) in [6.07, 6.45) is 1.90. The van der Waals surface area contributed by atoms with E-state index in [9.17, 15) is 4.79 Å². The van der Waals surface area contributed by atoms with Crippen LogP contribution in [0.15, 0.2) is 18.2 Å². The van der Waals surface area contributed by atoms with Gasteiger partial charge in [-0.25, -0.2) is 4.79 Å². The van der Waals surface area contributed by atoms with Gasteiger partial charge in [-0.3, -0.25) is 0 Å². The Labute approximate surface area is 88.7 Å². The van der Waals surface area contributed by atoms with E-state index in [4.69, 9.17) is 4.74 Å². The van der Waals surface area contributed by atoms with Crippen molar-refractivity contribution in [2.45, 2.75) is 13.8 Å². The molecule has 0 spiro atoms. The van der Waals surface area contributed by atoms with E-state index in [1.54, 1.807) is 0 Å². The van der Waals surface area contributed by atoms with E-state index < -0.39 is 0 Å². The molecule has 0 heterocycles. The minimum absolute atomic E-state index is 0.239. The van der Waals surface area contributed by atoms with E-state index >= 15 is 0 Å². The molecule has 1 aromatic rings. The average Bonchev–Trinajstić information content (AvgIpc) is 2.14. The molecule has 0 atom stereocenters. The number of thioether (sulfide) groups is 1. The Kier molecular flexibility index (Phi) is 4.01. The molecule has 1 rings (SSSR count). The van der Waals surface area contributed by atoms with Crippen LogP contribution in [-0.2, 0) is 4.74 Å². The zero-order valence-corrected chi connectivity index (χ0v) is 9.48. The molecular formula is C11H14O2S. The quantitative estimate of drug-likeness (QED) is 0.567. The van der Waals surface area contributed by atoms with Gasteiger partial charge in [-0.2, -0.15) is 0 Å². The number of carbonyl (C=O) groups excluding carboxylic acids is 1. The van der Waals surface area contributed by atoms with E-state index in [0.717, 1.165) is 11.1 Å². The third-order valence-corrected chi connectivity index (χ3v) is 2.26. The second-order valence-corrected chi connectivity index (χ2v) is 3.97. The lowest BCUT2D eigenvalue weighted by Gasteiger charge is -2.06. The molecule has 0 aliphatic heterocycles. The molecule has 0 aliphatic rings. The zero-order chi connectivity index (χ0) is 10.6. The molecule has 3 heteroatoms. The van der Waals surface area contributed by atoms with Gasteiger partial charge in [-0.1, -0.05) is 17.7 Å². The lowest BCUT2D eigenvalue weighted by molar-refractivity contribution is 0.0579. The fraction of sp³-hybridized carbons (Fsp3) is 0.364. The van der Waals surface area contributed by atoms with Crippen LogP contribution in [0.2, 0.25) is 0 Å². The summed E-state index contributed by atoms with van der Waals surface area (Å²) in [5.41, 5.74) is 2.78. The van der Waals surface area contributed by atoms with Crippen molar-refractivity contribution >= 4 is 17.7 Å². The van der Waals surface area contributed by atoms with E-state index in [1.165, 1.54) is 11.8 Å². The van der Waals surface area contributed by atoms with Gasteiger partial charge in [0.15, 0.2) is 0 Å². The van der Waals surface area contributed by atoms with Gasteiger partial charge in [-0.15, -0.1) is 11.8 Å². The molecule has 14 heavy (non-hydrogen) atoms. The Hall–Kier alpha value is -0.960. The molecule has 0 N–H and O–H groups in total. The number of ether oxygens (including phenoxy) is 1. The number of esters is 1. The Bertz CT molecular complexity index is 334. The molecule has 76 valence electrons. The van der Waals surface area contributed by atoms with E-state index in [-0.39, 0.29) is 5.97 Å². The van der Waals surface area contributed by atoms with Crippen molar-refractivity contribution in [3.63, 3.8) is 0 Å². The average molecular weight is 210 g/mol. The second kappa shape index (κ2) is 5.05. The Morgan fingerprint density at radius 1 is 1.43 bits per heavy atom. The van der Waals surface area contributed by atoms with Crippen LogP contribution in [0.25, 0.3) is 0 Å². The fourth-order valence-electron chi connectivity index (χ4n) is 1.23. The van der Waals surface area contributed by atoms with Crippen LogP contribution in [-0.4, -0.2) is 18.2 Å². The van der Waals surface area contributed by atoms with Gasteiger partial charge >= 0.3 is 5.97 Å². The summed E-state index contributed by atoms with van der Waals surface area (Å²) in [5.74, 6) is 0.170. The molecule has 1 aromatic carbocycles. The van der Waals surface area contributed by atoms with Crippen LogP contribution in [0.1, 0.15) is 21.5 Å². The smallest absolute Gasteiger partial charge is 0.339 e. The summed E-state index contributed by atoms with van der Waals surface area (Å²) in [7, 11) is 0. The van der Waals surface area contributed by atoms with Crippen molar-refractivity contribution in [2.75, 3.05) is 12.2 Å². The molecule has 0 saturated heterocycles. The number of hydrogen-bond acceptors (Lipinski definition) is 3. The first-order valence-corrected chi connectivity index (χ1v) is 5.78. The van der Waals surface area contributed by atoms with Gasteiger partial charge in [0.05, 0.1) is 5.56 Å². The Morgan fingerprint density at radius 3 is 2.71 bits per heavy atom.